The van der Waals surface area contributed by atoms with Gasteiger partial charge in [0.25, 0.3) is 5.91 Å². The highest BCUT2D eigenvalue weighted by Crippen LogP contribution is 2.34. The van der Waals surface area contributed by atoms with Gasteiger partial charge in [0, 0.05) is 37.0 Å². The maximum Gasteiger partial charge on any atom is 0.272 e. The van der Waals surface area contributed by atoms with Gasteiger partial charge in [0.1, 0.15) is 5.69 Å². The smallest absolute Gasteiger partial charge is 0.272 e. The molecule has 1 saturated heterocycles. The monoisotopic (exact) mass is 424 g/mol. The summed E-state index contributed by atoms with van der Waals surface area (Å²) in [6.07, 6.45) is 7.20. The lowest BCUT2D eigenvalue weighted by Crippen LogP contribution is -2.43. The zero-order chi connectivity index (χ0) is 21.8. The van der Waals surface area contributed by atoms with Gasteiger partial charge in [-0.1, -0.05) is 30.3 Å². The molecule has 32 heavy (non-hydrogen) atoms. The Morgan fingerprint density at radius 3 is 2.78 bits per heavy atom. The molecule has 6 nitrogen and oxygen atoms in total. The molecule has 2 aliphatic rings. The molecular weight excluding hydrogens is 400 g/mol. The Balaban J connectivity index is 1.31. The molecule has 6 rings (SSSR count). The van der Waals surface area contributed by atoms with Crippen LogP contribution in [-0.4, -0.2) is 44.0 Å². The number of likely N-dealkylation sites (tertiary alicyclic amines) is 1. The number of hydrogen-bond acceptors (Lipinski definition) is 4. The van der Waals surface area contributed by atoms with Crippen molar-refractivity contribution in [1.82, 2.24) is 19.3 Å². The van der Waals surface area contributed by atoms with Gasteiger partial charge in [-0.25, -0.2) is 9.97 Å². The number of imidazole rings is 1. The van der Waals surface area contributed by atoms with Gasteiger partial charge in [0.2, 0.25) is 5.78 Å². The van der Waals surface area contributed by atoms with Crippen molar-refractivity contribution >= 4 is 28.2 Å². The molecule has 1 fully saturated rings. The van der Waals surface area contributed by atoms with E-state index in [9.17, 15) is 9.59 Å². The van der Waals surface area contributed by atoms with E-state index in [1.807, 2.05) is 24.1 Å². The third-order valence-electron chi connectivity index (χ3n) is 7.00. The molecule has 0 N–H and O–H groups in total. The summed E-state index contributed by atoms with van der Waals surface area (Å²) in [4.78, 5) is 37.5. The number of aryl methyl sites for hydroxylation is 3. The number of fused-ring (bicyclic) bond motifs is 1. The molecule has 2 aromatic heterocycles. The van der Waals surface area contributed by atoms with E-state index in [1.54, 1.807) is 16.7 Å². The highest BCUT2D eigenvalue weighted by Gasteiger charge is 2.32. The minimum atomic E-state index is -0.191. The van der Waals surface area contributed by atoms with E-state index < -0.39 is 0 Å². The summed E-state index contributed by atoms with van der Waals surface area (Å²) in [6.45, 7) is 2.92. The number of amides is 1. The standard InChI is InChI=1S/C26H24N4O2/c1-16-23(30-14-4-12-27-26(30)28-16)25(32)29-13-3-6-19(15-29)24(31)21-11-10-18-9-8-17-5-2-7-20(21)22(17)18/h2,4-5,7,10-12,14,19H,3,6,8-9,13,15H2,1H3/t19-/m1/s1. The maximum atomic E-state index is 13.6. The number of piperidine rings is 1. The molecule has 0 bridgehead atoms. The predicted octanol–water partition coefficient (Wildman–Crippen LogP) is 4.02. The van der Waals surface area contributed by atoms with Crippen LogP contribution in [0.15, 0.2) is 48.8 Å². The van der Waals surface area contributed by atoms with Crippen molar-refractivity contribution in [2.75, 3.05) is 13.1 Å². The molecule has 160 valence electrons. The third-order valence-corrected chi connectivity index (χ3v) is 7.00. The van der Waals surface area contributed by atoms with Crippen molar-refractivity contribution in [3.63, 3.8) is 0 Å². The highest BCUT2D eigenvalue weighted by molar-refractivity contribution is 6.11. The summed E-state index contributed by atoms with van der Waals surface area (Å²) >= 11 is 0. The Morgan fingerprint density at radius 2 is 1.91 bits per heavy atom. The van der Waals surface area contributed by atoms with Crippen molar-refractivity contribution in [2.24, 2.45) is 5.92 Å². The average Bonchev–Trinajstić information content (AvgIpc) is 3.40. The molecule has 3 heterocycles. The molecule has 1 aliphatic heterocycles. The van der Waals surface area contributed by atoms with Gasteiger partial charge in [0.05, 0.1) is 5.69 Å². The van der Waals surface area contributed by atoms with E-state index >= 15 is 0 Å². The Labute approximate surface area is 185 Å². The molecule has 1 amide bonds. The van der Waals surface area contributed by atoms with Gasteiger partial charge in [-0.2, -0.15) is 0 Å². The molecule has 0 spiro atoms. The second kappa shape index (κ2) is 7.26. The predicted molar refractivity (Wildman–Crippen MR) is 122 cm³/mol. The SMILES string of the molecule is Cc1nc2ncccn2c1C(=O)N1CCC[C@@H](C(=O)c2ccc3c4c(cccc24)CC3)C1. The summed E-state index contributed by atoms with van der Waals surface area (Å²) in [5.41, 5.74) is 4.66. The zero-order valence-corrected chi connectivity index (χ0v) is 18.0. The Bertz CT molecular complexity index is 1390. The van der Waals surface area contributed by atoms with Crippen LogP contribution in [0.3, 0.4) is 0 Å². The first-order chi connectivity index (χ1) is 15.6. The van der Waals surface area contributed by atoms with Gasteiger partial charge in [0.15, 0.2) is 5.78 Å². The van der Waals surface area contributed by atoms with E-state index in [2.05, 4.69) is 34.2 Å². The molecule has 2 aromatic carbocycles. The van der Waals surface area contributed by atoms with Crippen molar-refractivity contribution in [3.05, 3.63) is 76.9 Å². The van der Waals surface area contributed by atoms with Gasteiger partial charge in [-0.05, 0) is 60.6 Å². The summed E-state index contributed by atoms with van der Waals surface area (Å²) in [7, 11) is 0. The minimum absolute atomic E-state index is 0.0825. The van der Waals surface area contributed by atoms with Crippen LogP contribution in [0.2, 0.25) is 0 Å². The molecule has 1 atom stereocenters. The molecule has 0 unspecified atom stereocenters. The average molecular weight is 425 g/mol. The van der Waals surface area contributed by atoms with Crippen LogP contribution in [-0.2, 0) is 12.8 Å². The fourth-order valence-corrected chi connectivity index (χ4v) is 5.46. The first kappa shape index (κ1) is 19.2. The van der Waals surface area contributed by atoms with Crippen LogP contribution < -0.4 is 0 Å². The quantitative estimate of drug-likeness (QED) is 0.466. The maximum absolute atomic E-state index is 13.6. The van der Waals surface area contributed by atoms with Gasteiger partial charge in [-0.15, -0.1) is 0 Å². The van der Waals surface area contributed by atoms with Crippen LogP contribution in [0, 0.1) is 12.8 Å². The number of carbonyl (C=O) groups excluding carboxylic acids is 2. The fraction of sp³-hybridized carbons (Fsp3) is 0.308. The fourth-order valence-electron chi connectivity index (χ4n) is 5.46. The van der Waals surface area contributed by atoms with Gasteiger partial charge >= 0.3 is 0 Å². The van der Waals surface area contributed by atoms with Crippen molar-refractivity contribution in [2.45, 2.75) is 32.6 Å². The van der Waals surface area contributed by atoms with E-state index in [-0.39, 0.29) is 17.6 Å². The molecular formula is C26H24N4O2. The number of hydrogen-bond donors (Lipinski definition) is 0. The topological polar surface area (TPSA) is 67.6 Å². The number of carbonyl (C=O) groups is 2. The van der Waals surface area contributed by atoms with Crippen LogP contribution in [0.4, 0.5) is 0 Å². The Hall–Kier alpha value is -3.54. The second-order valence-electron chi connectivity index (χ2n) is 8.90. The van der Waals surface area contributed by atoms with Crippen molar-refractivity contribution < 1.29 is 9.59 Å². The van der Waals surface area contributed by atoms with Crippen LogP contribution in [0.1, 0.15) is 50.5 Å². The number of aromatic nitrogens is 3. The first-order valence-corrected chi connectivity index (χ1v) is 11.3. The molecule has 4 aromatic rings. The highest BCUT2D eigenvalue weighted by atomic mass is 16.2. The van der Waals surface area contributed by atoms with E-state index in [0.717, 1.165) is 36.6 Å². The molecule has 1 aliphatic carbocycles. The Morgan fingerprint density at radius 1 is 1.06 bits per heavy atom. The summed E-state index contributed by atoms with van der Waals surface area (Å²) < 4.78 is 1.74. The molecule has 6 heteroatoms. The number of rotatable bonds is 3. The second-order valence-corrected chi connectivity index (χ2v) is 8.90. The van der Waals surface area contributed by atoms with E-state index in [0.29, 0.717) is 30.3 Å². The number of benzene rings is 2. The van der Waals surface area contributed by atoms with Crippen LogP contribution in [0.5, 0.6) is 0 Å². The lowest BCUT2D eigenvalue weighted by atomic mass is 9.87. The van der Waals surface area contributed by atoms with Gasteiger partial charge in [-0.3, -0.25) is 14.0 Å². The molecule has 0 saturated carbocycles. The van der Waals surface area contributed by atoms with Gasteiger partial charge < -0.3 is 4.90 Å². The number of nitrogens with zero attached hydrogens (tertiary/aromatic N) is 4. The van der Waals surface area contributed by atoms with E-state index in [1.165, 1.54) is 16.5 Å². The summed E-state index contributed by atoms with van der Waals surface area (Å²) in [5.74, 6) is 0.394. The lowest BCUT2D eigenvalue weighted by Gasteiger charge is -2.32. The zero-order valence-electron chi connectivity index (χ0n) is 18.0. The molecule has 0 radical (unpaired) electrons. The summed E-state index contributed by atoms with van der Waals surface area (Å²) in [5, 5.41) is 2.32. The number of ketones is 1. The van der Waals surface area contributed by atoms with E-state index in [4.69, 9.17) is 0 Å². The largest absolute Gasteiger partial charge is 0.337 e. The Kier molecular flexibility index (Phi) is 4.35. The third kappa shape index (κ3) is 2.86. The number of Topliss-reactive ketones (excluding diaryl/α,β-unsaturated/α-hetero) is 1. The van der Waals surface area contributed by atoms with Crippen LogP contribution in [0.25, 0.3) is 16.6 Å². The first-order valence-electron chi connectivity index (χ1n) is 11.3. The van der Waals surface area contributed by atoms with Crippen LogP contribution >= 0.6 is 0 Å². The minimum Gasteiger partial charge on any atom is -0.337 e. The lowest BCUT2D eigenvalue weighted by molar-refractivity contribution is 0.0631. The summed E-state index contributed by atoms with van der Waals surface area (Å²) in [6, 6.07) is 12.2. The normalized spacial score (nSPS) is 17.9. The van der Waals surface area contributed by atoms with Crippen molar-refractivity contribution in [3.8, 4) is 0 Å². The van der Waals surface area contributed by atoms with Crippen molar-refractivity contribution in [1.29, 1.82) is 0 Å².